The highest BCUT2D eigenvalue weighted by atomic mass is 19.1. The number of halogens is 1. The van der Waals surface area contributed by atoms with Crippen LogP contribution in [0.2, 0.25) is 0 Å². The van der Waals surface area contributed by atoms with Crippen LogP contribution in [0, 0.1) is 5.82 Å². The van der Waals surface area contributed by atoms with Gasteiger partial charge in [0.05, 0.1) is 35.2 Å². The lowest BCUT2D eigenvalue weighted by Gasteiger charge is -2.30. The van der Waals surface area contributed by atoms with E-state index >= 15 is 4.39 Å². The third kappa shape index (κ3) is 6.15. The van der Waals surface area contributed by atoms with Crippen LogP contribution in [0.25, 0.3) is 32.9 Å². The van der Waals surface area contributed by atoms with E-state index in [0.717, 1.165) is 11.1 Å². The van der Waals surface area contributed by atoms with Crippen LogP contribution >= 0.6 is 0 Å². The number of aromatic nitrogens is 4. The molecule has 3 heterocycles. The van der Waals surface area contributed by atoms with Crippen molar-refractivity contribution in [2.24, 2.45) is 7.05 Å². The molecule has 238 valence electrons. The summed E-state index contributed by atoms with van der Waals surface area (Å²) >= 11 is 0. The molecular weight excluding hydrogens is 591 g/mol. The molecule has 3 aromatic carbocycles. The van der Waals surface area contributed by atoms with Gasteiger partial charge < -0.3 is 14.4 Å². The number of fused-ring (bicyclic) bond motifs is 2. The molecule has 0 saturated carbocycles. The van der Waals surface area contributed by atoms with Crippen LogP contribution in [0.1, 0.15) is 43.9 Å². The van der Waals surface area contributed by atoms with Crippen molar-refractivity contribution < 1.29 is 28.2 Å². The van der Waals surface area contributed by atoms with E-state index < -0.39 is 17.9 Å². The molecule has 0 unspecified atom stereocenters. The number of likely N-dealkylation sites (tertiary alicyclic amines) is 1. The number of hydrogen-bond acceptors (Lipinski definition) is 7. The number of carbonyl (C=O) groups excluding carboxylic acids is 3. The number of rotatable bonds is 8. The molecule has 0 radical (unpaired) electrons. The van der Waals surface area contributed by atoms with E-state index in [1.54, 1.807) is 54.9 Å². The topological polar surface area (TPSA) is 121 Å². The van der Waals surface area contributed by atoms with Gasteiger partial charge in [0.25, 0.3) is 0 Å². The lowest BCUT2D eigenvalue weighted by molar-refractivity contribution is -0.144. The standard InChI is InChI=1S/C34H35FN6O5/c1-4-45-30(43)19-41-33-28(37-34(44)46-20-22-8-6-5-7-9-22)11-10-25(26-17-29-24(16-27(26)35)18-36-39(29)3)31(33)32(38-41)23-12-14-40(15-13-23)21(2)42/h5-11,16-18,23H,4,12-15,19-20H2,1-3H3,(H,37,44). The number of piperidine rings is 1. The van der Waals surface area contributed by atoms with Crippen molar-refractivity contribution in [1.82, 2.24) is 24.5 Å². The van der Waals surface area contributed by atoms with Gasteiger partial charge in [-0.25, -0.2) is 9.18 Å². The van der Waals surface area contributed by atoms with Crippen molar-refractivity contribution in [3.05, 3.63) is 77.9 Å². The maximum absolute atomic E-state index is 15.9. The van der Waals surface area contributed by atoms with Crippen molar-refractivity contribution in [3.63, 3.8) is 0 Å². The number of nitrogens with zero attached hydrogens (tertiary/aromatic N) is 5. The van der Waals surface area contributed by atoms with Crippen molar-refractivity contribution in [2.45, 2.75) is 45.8 Å². The molecule has 11 nitrogen and oxygen atoms in total. The summed E-state index contributed by atoms with van der Waals surface area (Å²) in [6.07, 6.45) is 2.17. The lowest BCUT2D eigenvalue weighted by atomic mass is 9.88. The Morgan fingerprint density at radius 3 is 2.50 bits per heavy atom. The van der Waals surface area contributed by atoms with E-state index in [1.165, 1.54) is 10.7 Å². The average Bonchev–Trinajstić information content (AvgIpc) is 3.60. The monoisotopic (exact) mass is 626 g/mol. The molecule has 1 fully saturated rings. The molecule has 2 amide bonds. The summed E-state index contributed by atoms with van der Waals surface area (Å²) in [5.41, 5.74) is 3.90. The van der Waals surface area contributed by atoms with Gasteiger partial charge in [-0.15, -0.1) is 0 Å². The number of esters is 1. The predicted molar refractivity (Wildman–Crippen MR) is 171 cm³/mol. The molecule has 0 atom stereocenters. The third-order valence-corrected chi connectivity index (χ3v) is 8.41. The van der Waals surface area contributed by atoms with Crippen LogP contribution < -0.4 is 5.32 Å². The normalized spacial score (nSPS) is 13.7. The molecule has 12 heteroatoms. The summed E-state index contributed by atoms with van der Waals surface area (Å²) in [6.45, 7) is 4.38. The minimum atomic E-state index is -0.694. The number of aryl methyl sites for hydroxylation is 1. The Bertz CT molecular complexity index is 1930. The Hall–Kier alpha value is -5.26. The van der Waals surface area contributed by atoms with Gasteiger partial charge in [-0.1, -0.05) is 36.4 Å². The molecule has 0 aliphatic carbocycles. The van der Waals surface area contributed by atoms with Gasteiger partial charge in [0, 0.05) is 49.3 Å². The zero-order valence-electron chi connectivity index (χ0n) is 26.0. The van der Waals surface area contributed by atoms with Gasteiger partial charge in [0.2, 0.25) is 5.91 Å². The number of hydrogen-bond donors (Lipinski definition) is 1. The molecule has 1 saturated heterocycles. The third-order valence-electron chi connectivity index (χ3n) is 8.41. The molecule has 1 aliphatic rings. The van der Waals surface area contributed by atoms with Crippen molar-refractivity contribution in [1.29, 1.82) is 0 Å². The van der Waals surface area contributed by atoms with Crippen LogP contribution in [0.4, 0.5) is 14.9 Å². The van der Waals surface area contributed by atoms with Crippen LogP contribution in [0.15, 0.2) is 60.8 Å². The zero-order chi connectivity index (χ0) is 32.4. The van der Waals surface area contributed by atoms with Gasteiger partial charge in [0.1, 0.15) is 19.0 Å². The first-order valence-corrected chi connectivity index (χ1v) is 15.3. The minimum Gasteiger partial charge on any atom is -0.465 e. The molecule has 1 aliphatic heterocycles. The predicted octanol–water partition coefficient (Wildman–Crippen LogP) is 5.77. The van der Waals surface area contributed by atoms with E-state index in [0.29, 0.717) is 64.7 Å². The fourth-order valence-electron chi connectivity index (χ4n) is 6.12. The second-order valence-corrected chi connectivity index (χ2v) is 11.4. The molecule has 46 heavy (non-hydrogen) atoms. The Kier molecular flexibility index (Phi) is 8.69. The van der Waals surface area contributed by atoms with E-state index in [9.17, 15) is 14.4 Å². The average molecular weight is 627 g/mol. The number of benzene rings is 3. The smallest absolute Gasteiger partial charge is 0.412 e. The lowest BCUT2D eigenvalue weighted by Crippen LogP contribution is -2.36. The maximum atomic E-state index is 15.9. The van der Waals surface area contributed by atoms with E-state index in [-0.39, 0.29) is 31.6 Å². The summed E-state index contributed by atoms with van der Waals surface area (Å²) in [4.78, 5) is 39.8. The molecule has 6 rings (SSSR count). The summed E-state index contributed by atoms with van der Waals surface area (Å²) in [7, 11) is 1.79. The quantitative estimate of drug-likeness (QED) is 0.217. The van der Waals surface area contributed by atoms with Crippen LogP contribution in [0.5, 0.6) is 0 Å². The Balaban J connectivity index is 1.50. The molecular formula is C34H35FN6O5. The summed E-state index contributed by atoms with van der Waals surface area (Å²) < 4.78 is 29.8. The van der Waals surface area contributed by atoms with Crippen LogP contribution in [-0.2, 0) is 39.3 Å². The molecule has 1 N–H and O–H groups in total. The highest BCUT2D eigenvalue weighted by Gasteiger charge is 2.30. The largest absolute Gasteiger partial charge is 0.465 e. The SMILES string of the molecule is CCOC(=O)Cn1nc(C2CCN(C(C)=O)CC2)c2c(-c3cc4c(cnn4C)cc3F)ccc(NC(=O)OCc3ccccc3)c21. The van der Waals surface area contributed by atoms with Crippen molar-refractivity contribution in [2.75, 3.05) is 25.0 Å². The second-order valence-electron chi connectivity index (χ2n) is 11.4. The van der Waals surface area contributed by atoms with Gasteiger partial charge in [-0.2, -0.15) is 10.2 Å². The van der Waals surface area contributed by atoms with Crippen LogP contribution in [-0.4, -0.2) is 62.1 Å². The molecule has 2 aromatic heterocycles. The van der Waals surface area contributed by atoms with Gasteiger partial charge in [0.15, 0.2) is 0 Å². The Morgan fingerprint density at radius 1 is 1.02 bits per heavy atom. The molecule has 5 aromatic rings. The Morgan fingerprint density at radius 2 is 1.78 bits per heavy atom. The Labute approximate surface area is 264 Å². The fourth-order valence-corrected chi connectivity index (χ4v) is 6.12. The molecule has 0 bridgehead atoms. The number of ether oxygens (including phenoxy) is 2. The van der Waals surface area contributed by atoms with Gasteiger partial charge >= 0.3 is 12.1 Å². The fraction of sp³-hybridized carbons (Fsp3) is 0.324. The number of carbonyl (C=O) groups is 3. The number of nitrogens with one attached hydrogen (secondary N) is 1. The van der Waals surface area contributed by atoms with Gasteiger partial charge in [-0.05, 0) is 49.1 Å². The highest BCUT2D eigenvalue weighted by Crippen LogP contribution is 2.42. The number of anilines is 1. The number of amides is 2. The second kappa shape index (κ2) is 13.0. The highest BCUT2D eigenvalue weighted by molar-refractivity contribution is 6.07. The summed E-state index contributed by atoms with van der Waals surface area (Å²) in [5, 5.41) is 13.3. The minimum absolute atomic E-state index is 0.00360. The van der Waals surface area contributed by atoms with E-state index in [2.05, 4.69) is 10.4 Å². The van der Waals surface area contributed by atoms with Crippen LogP contribution in [0.3, 0.4) is 0 Å². The first-order valence-electron chi connectivity index (χ1n) is 15.3. The van der Waals surface area contributed by atoms with Crippen molar-refractivity contribution in [3.8, 4) is 11.1 Å². The maximum Gasteiger partial charge on any atom is 0.412 e. The molecule has 0 spiro atoms. The van der Waals surface area contributed by atoms with Gasteiger partial charge in [-0.3, -0.25) is 24.3 Å². The van der Waals surface area contributed by atoms with Crippen molar-refractivity contribution >= 4 is 45.5 Å². The van der Waals surface area contributed by atoms with E-state index in [4.69, 9.17) is 14.6 Å². The first kappa shape index (κ1) is 30.8. The van der Waals surface area contributed by atoms with E-state index in [1.807, 2.05) is 30.3 Å². The summed E-state index contributed by atoms with van der Waals surface area (Å²) in [5.74, 6) is -1.04. The summed E-state index contributed by atoms with van der Waals surface area (Å²) in [6, 6.07) is 15.9. The zero-order valence-corrected chi connectivity index (χ0v) is 26.0. The first-order chi connectivity index (χ1) is 22.2.